The highest BCUT2D eigenvalue weighted by atomic mass is 32.2. The average Bonchev–Trinajstić information content (AvgIpc) is 2.43. The van der Waals surface area contributed by atoms with Crippen molar-refractivity contribution >= 4 is 22.1 Å². The van der Waals surface area contributed by atoms with E-state index in [1.165, 1.54) is 0 Å². The second-order valence-corrected chi connectivity index (χ2v) is 5.44. The van der Waals surface area contributed by atoms with Gasteiger partial charge >= 0.3 is 11.9 Å². The lowest BCUT2D eigenvalue weighted by atomic mass is 10.3. The summed E-state index contributed by atoms with van der Waals surface area (Å²) in [5.41, 5.74) is 0. The lowest BCUT2D eigenvalue weighted by Gasteiger charge is -2.04. The molecule has 22 heavy (non-hydrogen) atoms. The lowest BCUT2D eigenvalue weighted by molar-refractivity contribution is -0.143. The van der Waals surface area contributed by atoms with Crippen molar-refractivity contribution in [3.05, 3.63) is 42.7 Å². The molecule has 122 valence electrons. The van der Waals surface area contributed by atoms with Crippen LogP contribution in [0.15, 0.2) is 42.7 Å². The SMILES string of the molecule is CC=COc1ccccc1.O=C(O)CC(C(=O)O)S(=O)(=O)O. The number of para-hydroxylation sites is 1. The van der Waals surface area contributed by atoms with Gasteiger partial charge in [-0.05, 0) is 19.1 Å². The molecule has 0 fully saturated rings. The highest BCUT2D eigenvalue weighted by Gasteiger charge is 2.33. The molecular formula is C13H16O8S. The van der Waals surface area contributed by atoms with Crippen molar-refractivity contribution in [2.24, 2.45) is 0 Å². The molecule has 0 saturated heterocycles. The van der Waals surface area contributed by atoms with Crippen molar-refractivity contribution in [2.45, 2.75) is 18.6 Å². The summed E-state index contributed by atoms with van der Waals surface area (Å²) in [6.45, 7) is 1.92. The third-order valence-corrected chi connectivity index (χ3v) is 3.17. The Morgan fingerprint density at radius 3 is 2.09 bits per heavy atom. The van der Waals surface area contributed by atoms with Gasteiger partial charge in [0.2, 0.25) is 0 Å². The van der Waals surface area contributed by atoms with E-state index in [1.54, 1.807) is 6.26 Å². The fourth-order valence-electron chi connectivity index (χ4n) is 1.12. The number of carboxylic acids is 2. The average molecular weight is 332 g/mol. The molecule has 0 saturated carbocycles. The molecule has 3 N–H and O–H groups in total. The summed E-state index contributed by atoms with van der Waals surface area (Å²) in [5.74, 6) is -2.62. The van der Waals surface area contributed by atoms with Crippen LogP contribution < -0.4 is 4.74 Å². The first-order valence-corrected chi connectivity index (χ1v) is 7.42. The number of allylic oxidation sites excluding steroid dienone is 1. The van der Waals surface area contributed by atoms with Crippen molar-refractivity contribution in [3.8, 4) is 5.75 Å². The van der Waals surface area contributed by atoms with Gasteiger partial charge in [0.1, 0.15) is 5.75 Å². The van der Waals surface area contributed by atoms with Crippen LogP contribution in [-0.4, -0.2) is 40.4 Å². The maximum absolute atomic E-state index is 10.2. The van der Waals surface area contributed by atoms with Crippen LogP contribution in [0.3, 0.4) is 0 Å². The van der Waals surface area contributed by atoms with E-state index in [0.717, 1.165) is 5.75 Å². The standard InChI is InChI=1S/C9H10O.C4H6O7S/c1-2-8-10-9-6-4-3-5-7-9;5-3(6)1-2(4(7)8)12(9,10)11/h2-8H,1H3;2H,1H2,(H,5,6)(H,7,8)(H,9,10,11). The highest BCUT2D eigenvalue weighted by molar-refractivity contribution is 7.87. The van der Waals surface area contributed by atoms with E-state index in [2.05, 4.69) is 0 Å². The van der Waals surface area contributed by atoms with Crippen LogP contribution in [0.1, 0.15) is 13.3 Å². The van der Waals surface area contributed by atoms with Gasteiger partial charge in [0.05, 0.1) is 12.7 Å². The molecule has 1 aromatic rings. The Labute approximate surface area is 127 Å². The molecule has 0 heterocycles. The van der Waals surface area contributed by atoms with Crippen LogP contribution in [0.25, 0.3) is 0 Å². The van der Waals surface area contributed by atoms with E-state index in [9.17, 15) is 18.0 Å². The predicted molar refractivity (Wildman–Crippen MR) is 77.1 cm³/mol. The van der Waals surface area contributed by atoms with Crippen LogP contribution in [-0.2, 0) is 19.7 Å². The van der Waals surface area contributed by atoms with Gasteiger partial charge in [0.15, 0.2) is 5.25 Å². The molecular weight excluding hydrogens is 316 g/mol. The van der Waals surface area contributed by atoms with Crippen LogP contribution >= 0.6 is 0 Å². The summed E-state index contributed by atoms with van der Waals surface area (Å²) in [7, 11) is -4.84. The van der Waals surface area contributed by atoms with E-state index in [4.69, 9.17) is 19.5 Å². The summed E-state index contributed by atoms with van der Waals surface area (Å²) in [6, 6.07) is 9.68. The molecule has 0 radical (unpaired) electrons. The van der Waals surface area contributed by atoms with Gasteiger partial charge in [-0.15, -0.1) is 0 Å². The van der Waals surface area contributed by atoms with Gasteiger partial charge in [-0.1, -0.05) is 24.3 Å². The van der Waals surface area contributed by atoms with Gasteiger partial charge in [-0.3, -0.25) is 14.1 Å². The number of ether oxygens (including phenoxy) is 1. The van der Waals surface area contributed by atoms with Crippen molar-refractivity contribution in [1.29, 1.82) is 0 Å². The molecule has 9 heteroatoms. The Hall–Kier alpha value is -2.39. The maximum atomic E-state index is 10.2. The summed E-state index contributed by atoms with van der Waals surface area (Å²) in [6.07, 6.45) is 2.36. The van der Waals surface area contributed by atoms with E-state index in [0.29, 0.717) is 0 Å². The Balaban J connectivity index is 0.000000406. The smallest absolute Gasteiger partial charge is 0.325 e. The number of benzene rings is 1. The zero-order valence-corrected chi connectivity index (χ0v) is 12.4. The van der Waals surface area contributed by atoms with Crippen molar-refractivity contribution in [1.82, 2.24) is 0 Å². The summed E-state index contributed by atoms with van der Waals surface area (Å²) >= 11 is 0. The monoisotopic (exact) mass is 332 g/mol. The minimum atomic E-state index is -4.84. The molecule has 1 unspecified atom stereocenters. The summed E-state index contributed by atoms with van der Waals surface area (Å²) in [4.78, 5) is 20.0. The van der Waals surface area contributed by atoms with Gasteiger partial charge in [-0.2, -0.15) is 8.42 Å². The fourth-order valence-corrected chi connectivity index (χ4v) is 1.73. The maximum Gasteiger partial charge on any atom is 0.325 e. The van der Waals surface area contributed by atoms with E-state index >= 15 is 0 Å². The molecule has 1 rings (SSSR count). The van der Waals surface area contributed by atoms with Crippen molar-refractivity contribution < 1.29 is 37.5 Å². The number of carboxylic acid groups (broad SMARTS) is 2. The first-order valence-electron chi connectivity index (χ1n) is 5.92. The molecule has 1 atom stereocenters. The van der Waals surface area contributed by atoms with Crippen LogP contribution in [0.2, 0.25) is 0 Å². The molecule has 0 bridgehead atoms. The van der Waals surface area contributed by atoms with Gasteiger partial charge in [0.25, 0.3) is 10.1 Å². The Kier molecular flexibility index (Phi) is 8.49. The van der Waals surface area contributed by atoms with Crippen LogP contribution in [0.4, 0.5) is 0 Å². The number of aliphatic carboxylic acids is 2. The number of hydrogen-bond donors (Lipinski definition) is 3. The second-order valence-electron chi connectivity index (χ2n) is 3.84. The molecule has 0 aliphatic heterocycles. The molecule has 0 aliphatic carbocycles. The van der Waals surface area contributed by atoms with E-state index in [-0.39, 0.29) is 0 Å². The van der Waals surface area contributed by atoms with E-state index in [1.807, 2.05) is 43.3 Å². The zero-order chi connectivity index (χ0) is 17.2. The third kappa shape index (κ3) is 8.72. The number of rotatable bonds is 6. The van der Waals surface area contributed by atoms with Gasteiger partial charge < -0.3 is 14.9 Å². The Morgan fingerprint density at radius 1 is 1.23 bits per heavy atom. The molecule has 0 spiro atoms. The van der Waals surface area contributed by atoms with Crippen LogP contribution in [0, 0.1) is 0 Å². The molecule has 0 aromatic heterocycles. The van der Waals surface area contributed by atoms with Crippen molar-refractivity contribution in [2.75, 3.05) is 0 Å². The normalized spacial score (nSPS) is 12.1. The van der Waals surface area contributed by atoms with E-state index < -0.39 is 33.7 Å². The minimum absolute atomic E-state index is 0.876. The molecule has 1 aromatic carbocycles. The third-order valence-electron chi connectivity index (χ3n) is 2.08. The first-order chi connectivity index (χ1) is 10.2. The fraction of sp³-hybridized carbons (Fsp3) is 0.231. The topological polar surface area (TPSA) is 138 Å². The molecule has 8 nitrogen and oxygen atoms in total. The summed E-state index contributed by atoms with van der Waals surface area (Å²) in [5, 5.41) is 13.9. The number of carbonyl (C=O) groups is 2. The van der Waals surface area contributed by atoms with Crippen LogP contribution in [0.5, 0.6) is 5.75 Å². The van der Waals surface area contributed by atoms with Gasteiger partial charge in [-0.25, -0.2) is 0 Å². The second kappa shape index (κ2) is 9.53. The minimum Gasteiger partial charge on any atom is -0.481 e. The first kappa shape index (κ1) is 19.6. The summed E-state index contributed by atoms with van der Waals surface area (Å²) < 4.78 is 33.8. The largest absolute Gasteiger partial charge is 0.481 e. The highest BCUT2D eigenvalue weighted by Crippen LogP contribution is 2.07. The Morgan fingerprint density at radius 2 is 1.77 bits per heavy atom. The molecule has 0 aliphatic rings. The predicted octanol–water partition coefficient (Wildman–Crippen LogP) is 1.40. The van der Waals surface area contributed by atoms with Crippen molar-refractivity contribution in [3.63, 3.8) is 0 Å². The quantitative estimate of drug-likeness (QED) is 0.525. The Bertz CT molecular complexity index is 606. The lowest BCUT2D eigenvalue weighted by Crippen LogP contribution is -2.31. The number of hydrogen-bond acceptors (Lipinski definition) is 5. The van der Waals surface area contributed by atoms with Gasteiger partial charge in [0, 0.05) is 0 Å². The zero-order valence-electron chi connectivity index (χ0n) is 11.6. The molecule has 0 amide bonds.